The first-order valence-electron chi connectivity index (χ1n) is 6.25. The lowest BCUT2D eigenvalue weighted by Gasteiger charge is -2.13. The van der Waals surface area contributed by atoms with Crippen molar-refractivity contribution in [3.05, 3.63) is 58.1 Å². The number of hydrogen-bond donors (Lipinski definition) is 0. The predicted molar refractivity (Wildman–Crippen MR) is 71.2 cm³/mol. The van der Waals surface area contributed by atoms with Gasteiger partial charge >= 0.3 is 12.8 Å². The van der Waals surface area contributed by atoms with Crippen LogP contribution in [0, 0.1) is 10.1 Å². The van der Waals surface area contributed by atoms with E-state index in [2.05, 4.69) is 4.74 Å². The molecule has 0 aliphatic rings. The Hall–Kier alpha value is -2.91. The molecular formula is C14H8F5NO4. The van der Waals surface area contributed by atoms with Gasteiger partial charge in [-0.3, -0.25) is 10.1 Å². The molecule has 0 N–H and O–H groups in total. The van der Waals surface area contributed by atoms with Gasteiger partial charge in [0.25, 0.3) is 5.69 Å². The molecule has 0 heterocycles. The van der Waals surface area contributed by atoms with Gasteiger partial charge in [-0.2, -0.15) is 22.0 Å². The number of halogens is 5. The molecule has 0 spiro atoms. The lowest BCUT2D eigenvalue weighted by molar-refractivity contribution is -0.385. The maximum absolute atomic E-state index is 13.0. The molecule has 5 nitrogen and oxygen atoms in total. The zero-order valence-corrected chi connectivity index (χ0v) is 11.6. The monoisotopic (exact) mass is 349 g/mol. The molecule has 0 fully saturated rings. The van der Waals surface area contributed by atoms with Crippen molar-refractivity contribution in [2.24, 2.45) is 0 Å². The summed E-state index contributed by atoms with van der Waals surface area (Å²) in [6.07, 6.45) is -4.87. The highest BCUT2D eigenvalue weighted by Gasteiger charge is 2.36. The number of benzene rings is 2. The average Bonchev–Trinajstić information content (AvgIpc) is 2.48. The summed E-state index contributed by atoms with van der Waals surface area (Å²) >= 11 is 0. The Balaban J connectivity index is 2.30. The Morgan fingerprint density at radius 2 is 1.58 bits per heavy atom. The first-order valence-corrected chi connectivity index (χ1v) is 6.25. The maximum Gasteiger partial charge on any atom is 0.420 e. The molecule has 10 heteroatoms. The van der Waals surface area contributed by atoms with Crippen molar-refractivity contribution >= 4 is 5.69 Å². The second kappa shape index (κ2) is 6.69. The Morgan fingerprint density at radius 1 is 1.00 bits per heavy atom. The van der Waals surface area contributed by atoms with Gasteiger partial charge in [-0.1, -0.05) is 0 Å². The van der Waals surface area contributed by atoms with Crippen LogP contribution in [-0.4, -0.2) is 11.5 Å². The summed E-state index contributed by atoms with van der Waals surface area (Å²) in [5, 5.41) is 10.6. The van der Waals surface area contributed by atoms with Gasteiger partial charge in [-0.05, 0) is 30.3 Å². The highest BCUT2D eigenvalue weighted by molar-refractivity contribution is 5.47. The minimum absolute atomic E-state index is 0.0871. The van der Waals surface area contributed by atoms with E-state index in [0.29, 0.717) is 6.07 Å². The van der Waals surface area contributed by atoms with Gasteiger partial charge < -0.3 is 9.47 Å². The molecule has 0 amide bonds. The molecule has 0 unspecified atom stereocenters. The van der Waals surface area contributed by atoms with Crippen molar-refractivity contribution in [2.45, 2.75) is 12.8 Å². The van der Waals surface area contributed by atoms with E-state index in [1.165, 1.54) is 0 Å². The van der Waals surface area contributed by atoms with Crippen molar-refractivity contribution in [1.29, 1.82) is 0 Å². The summed E-state index contributed by atoms with van der Waals surface area (Å²) in [6.45, 7) is -3.04. The largest absolute Gasteiger partial charge is 0.457 e. The van der Waals surface area contributed by atoms with Crippen LogP contribution in [0.4, 0.5) is 27.6 Å². The van der Waals surface area contributed by atoms with Crippen LogP contribution in [0.25, 0.3) is 0 Å². The van der Waals surface area contributed by atoms with Crippen molar-refractivity contribution in [2.75, 3.05) is 0 Å². The first kappa shape index (κ1) is 17.4. The fraction of sp³-hybridized carbons (Fsp3) is 0.143. The number of rotatable bonds is 5. The SMILES string of the molecule is O=[N+]([O-])c1ccc(Oc2ccc(OC(F)F)cc2)c(C(F)(F)F)c1. The summed E-state index contributed by atoms with van der Waals surface area (Å²) in [5.41, 5.74) is -2.07. The fourth-order valence-corrected chi connectivity index (χ4v) is 1.76. The van der Waals surface area contributed by atoms with Crippen LogP contribution in [0.15, 0.2) is 42.5 Å². The van der Waals surface area contributed by atoms with E-state index in [1.807, 2.05) is 0 Å². The molecule has 24 heavy (non-hydrogen) atoms. The Bertz CT molecular complexity index is 731. The smallest absolute Gasteiger partial charge is 0.420 e. The molecule has 0 saturated carbocycles. The summed E-state index contributed by atoms with van der Waals surface area (Å²) in [7, 11) is 0. The molecule has 2 aromatic carbocycles. The number of alkyl halides is 5. The van der Waals surface area contributed by atoms with Crippen LogP contribution in [0.1, 0.15) is 5.56 Å². The van der Waals surface area contributed by atoms with Crippen LogP contribution in [0.2, 0.25) is 0 Å². The van der Waals surface area contributed by atoms with Crippen LogP contribution >= 0.6 is 0 Å². The van der Waals surface area contributed by atoms with Crippen LogP contribution in [0.3, 0.4) is 0 Å². The normalized spacial score (nSPS) is 11.4. The molecule has 0 bridgehead atoms. The quantitative estimate of drug-likeness (QED) is 0.433. The summed E-state index contributed by atoms with van der Waals surface area (Å²) in [5.74, 6) is -0.941. The highest BCUT2D eigenvalue weighted by Crippen LogP contribution is 2.40. The van der Waals surface area contributed by atoms with Crippen molar-refractivity contribution < 1.29 is 36.3 Å². The zero-order valence-electron chi connectivity index (χ0n) is 11.6. The third kappa shape index (κ3) is 4.31. The van der Waals surface area contributed by atoms with Gasteiger partial charge in [0, 0.05) is 12.1 Å². The van der Waals surface area contributed by atoms with Gasteiger partial charge in [0.1, 0.15) is 22.8 Å². The molecule has 0 atom stereocenters. The van der Waals surface area contributed by atoms with Gasteiger partial charge in [-0.25, -0.2) is 0 Å². The van der Waals surface area contributed by atoms with Gasteiger partial charge in [0.15, 0.2) is 0 Å². The minimum Gasteiger partial charge on any atom is -0.457 e. The summed E-state index contributed by atoms with van der Waals surface area (Å²) < 4.78 is 72.2. The van der Waals surface area contributed by atoms with Gasteiger partial charge in [0.2, 0.25) is 0 Å². The standard InChI is InChI=1S/C14H8F5NO4/c15-13(16)24-10-4-2-9(3-5-10)23-12-6-1-8(20(21)22)7-11(12)14(17,18)19/h1-7,13H. The third-order valence-corrected chi connectivity index (χ3v) is 2.76. The zero-order chi connectivity index (χ0) is 17.9. The second-order valence-electron chi connectivity index (χ2n) is 4.39. The Morgan fingerprint density at radius 3 is 2.08 bits per heavy atom. The Kier molecular flexibility index (Phi) is 4.86. The minimum atomic E-state index is -4.87. The van der Waals surface area contributed by atoms with Crippen LogP contribution in [-0.2, 0) is 6.18 Å². The van der Waals surface area contributed by atoms with Gasteiger partial charge in [0.05, 0.1) is 4.92 Å². The van der Waals surface area contributed by atoms with Crippen molar-refractivity contribution in [1.82, 2.24) is 0 Å². The number of nitrogens with zero attached hydrogens (tertiary/aromatic N) is 1. The predicted octanol–water partition coefficient (Wildman–Crippen LogP) is 5.01. The van der Waals surface area contributed by atoms with Crippen molar-refractivity contribution in [3.8, 4) is 17.2 Å². The lowest BCUT2D eigenvalue weighted by atomic mass is 10.1. The topological polar surface area (TPSA) is 61.6 Å². The van der Waals surface area contributed by atoms with E-state index < -0.39 is 34.7 Å². The van der Waals surface area contributed by atoms with Gasteiger partial charge in [-0.15, -0.1) is 0 Å². The van der Waals surface area contributed by atoms with E-state index in [4.69, 9.17) is 4.74 Å². The molecule has 0 aliphatic carbocycles. The molecule has 0 aromatic heterocycles. The fourth-order valence-electron chi connectivity index (χ4n) is 1.76. The third-order valence-electron chi connectivity index (χ3n) is 2.76. The molecule has 0 saturated heterocycles. The summed E-state index contributed by atoms with van der Waals surface area (Å²) in [6, 6.07) is 6.44. The molecule has 128 valence electrons. The Labute approximate surface area is 131 Å². The lowest BCUT2D eigenvalue weighted by Crippen LogP contribution is -2.08. The second-order valence-corrected chi connectivity index (χ2v) is 4.39. The molecular weight excluding hydrogens is 341 g/mol. The van der Waals surface area contributed by atoms with Crippen molar-refractivity contribution in [3.63, 3.8) is 0 Å². The number of non-ortho nitro benzene ring substituents is 1. The van der Waals surface area contributed by atoms with E-state index in [0.717, 1.165) is 36.4 Å². The first-order chi connectivity index (χ1) is 11.2. The number of nitro benzene ring substituents is 1. The maximum atomic E-state index is 13.0. The van der Waals surface area contributed by atoms with E-state index in [9.17, 15) is 32.1 Å². The number of hydrogen-bond acceptors (Lipinski definition) is 4. The van der Waals surface area contributed by atoms with Crippen LogP contribution < -0.4 is 9.47 Å². The number of nitro groups is 1. The molecule has 0 radical (unpaired) electrons. The molecule has 2 rings (SSSR count). The van der Waals surface area contributed by atoms with E-state index in [1.54, 1.807) is 0 Å². The van der Waals surface area contributed by atoms with E-state index >= 15 is 0 Å². The highest BCUT2D eigenvalue weighted by atomic mass is 19.4. The van der Waals surface area contributed by atoms with E-state index in [-0.39, 0.29) is 11.5 Å². The summed E-state index contributed by atoms with van der Waals surface area (Å²) in [4.78, 5) is 9.63. The number of ether oxygens (including phenoxy) is 2. The van der Waals surface area contributed by atoms with Crippen LogP contribution in [0.5, 0.6) is 17.2 Å². The molecule has 0 aliphatic heterocycles. The average molecular weight is 349 g/mol. The molecule has 2 aromatic rings.